The third kappa shape index (κ3) is 7.26. The molecule has 1 heterocycles. The number of thioether (sulfide) groups is 1. The van der Waals surface area contributed by atoms with E-state index in [0.29, 0.717) is 18.1 Å². The second-order valence-electron chi connectivity index (χ2n) is 5.22. The molecule has 0 spiro atoms. The maximum absolute atomic E-state index is 11.8. The van der Waals surface area contributed by atoms with Crippen LogP contribution in [0, 0.1) is 0 Å². The number of hydrogen-bond donors (Lipinski definition) is 2. The Kier molecular flexibility index (Phi) is 7.78. The van der Waals surface area contributed by atoms with Gasteiger partial charge in [-0.3, -0.25) is 14.6 Å². The molecule has 1 aromatic heterocycles. The number of pyridine rings is 1. The molecule has 0 unspecified atom stereocenters. The zero-order valence-corrected chi connectivity index (χ0v) is 14.8. The molecule has 0 atom stereocenters. The first-order valence-electron chi connectivity index (χ1n) is 7.81. The minimum atomic E-state index is -0.223. The van der Waals surface area contributed by atoms with Crippen LogP contribution in [-0.4, -0.2) is 36.2 Å². The summed E-state index contributed by atoms with van der Waals surface area (Å²) in [4.78, 5) is 27.7. The SMILES string of the molecule is COc1ccc(CNC(=O)CNC(=O)CSCc2ccccn2)cc1. The van der Waals surface area contributed by atoms with E-state index in [2.05, 4.69) is 15.6 Å². The average Bonchev–Trinajstić information content (AvgIpc) is 2.66. The van der Waals surface area contributed by atoms with Crippen molar-refractivity contribution < 1.29 is 14.3 Å². The highest BCUT2D eigenvalue weighted by atomic mass is 32.2. The van der Waals surface area contributed by atoms with Gasteiger partial charge in [-0.05, 0) is 29.8 Å². The molecule has 0 saturated heterocycles. The first kappa shape index (κ1) is 18.8. The number of carbonyl (C=O) groups is 2. The van der Waals surface area contributed by atoms with E-state index >= 15 is 0 Å². The number of nitrogens with one attached hydrogen (secondary N) is 2. The Labute approximate surface area is 151 Å². The van der Waals surface area contributed by atoms with Gasteiger partial charge in [-0.1, -0.05) is 18.2 Å². The maximum Gasteiger partial charge on any atom is 0.239 e. The van der Waals surface area contributed by atoms with Gasteiger partial charge in [0.05, 0.1) is 25.1 Å². The molecule has 0 fully saturated rings. The molecular formula is C18H21N3O3S. The van der Waals surface area contributed by atoms with E-state index in [4.69, 9.17) is 4.74 Å². The van der Waals surface area contributed by atoms with Crippen molar-refractivity contribution in [2.75, 3.05) is 19.4 Å². The van der Waals surface area contributed by atoms with Crippen molar-refractivity contribution in [3.63, 3.8) is 0 Å². The summed E-state index contributed by atoms with van der Waals surface area (Å²) >= 11 is 1.46. The highest BCUT2D eigenvalue weighted by Crippen LogP contribution is 2.11. The number of ether oxygens (including phenoxy) is 1. The molecule has 0 bridgehead atoms. The third-order valence-electron chi connectivity index (χ3n) is 3.30. The largest absolute Gasteiger partial charge is 0.497 e. The summed E-state index contributed by atoms with van der Waals surface area (Å²) in [7, 11) is 1.61. The number of nitrogens with zero attached hydrogens (tertiary/aromatic N) is 1. The summed E-state index contributed by atoms with van der Waals surface area (Å²) in [6.07, 6.45) is 1.73. The lowest BCUT2D eigenvalue weighted by Crippen LogP contribution is -2.37. The number of methoxy groups -OCH3 is 1. The second kappa shape index (κ2) is 10.4. The van der Waals surface area contributed by atoms with Gasteiger partial charge in [0.15, 0.2) is 0 Å². The van der Waals surface area contributed by atoms with Crippen LogP contribution in [0.5, 0.6) is 5.75 Å². The van der Waals surface area contributed by atoms with Crippen LogP contribution in [0.3, 0.4) is 0 Å². The third-order valence-corrected chi connectivity index (χ3v) is 4.27. The van der Waals surface area contributed by atoms with Crippen molar-refractivity contribution in [2.24, 2.45) is 0 Å². The average molecular weight is 359 g/mol. The van der Waals surface area contributed by atoms with Gasteiger partial charge in [0, 0.05) is 18.5 Å². The predicted molar refractivity (Wildman–Crippen MR) is 98.2 cm³/mol. The first-order valence-corrected chi connectivity index (χ1v) is 8.97. The summed E-state index contributed by atoms with van der Waals surface area (Å²) in [5.41, 5.74) is 1.89. The molecule has 0 saturated carbocycles. The molecule has 2 amide bonds. The number of hydrogen-bond acceptors (Lipinski definition) is 5. The van der Waals surface area contributed by atoms with Gasteiger partial charge >= 0.3 is 0 Å². The van der Waals surface area contributed by atoms with Crippen molar-refractivity contribution in [3.05, 3.63) is 59.9 Å². The lowest BCUT2D eigenvalue weighted by molar-refractivity contribution is -0.124. The van der Waals surface area contributed by atoms with Gasteiger partial charge in [0.25, 0.3) is 0 Å². The van der Waals surface area contributed by atoms with Crippen molar-refractivity contribution in [3.8, 4) is 5.75 Å². The van der Waals surface area contributed by atoms with Crippen LogP contribution in [0.1, 0.15) is 11.3 Å². The van der Waals surface area contributed by atoms with Crippen LogP contribution in [-0.2, 0) is 21.9 Å². The molecule has 2 N–H and O–H groups in total. The van der Waals surface area contributed by atoms with Gasteiger partial charge in [0.2, 0.25) is 11.8 Å². The number of amides is 2. The van der Waals surface area contributed by atoms with Gasteiger partial charge in [0.1, 0.15) is 5.75 Å². The summed E-state index contributed by atoms with van der Waals surface area (Å²) in [5.74, 6) is 1.34. The Morgan fingerprint density at radius 3 is 2.56 bits per heavy atom. The number of carbonyl (C=O) groups excluding carboxylic acids is 2. The molecule has 6 nitrogen and oxygen atoms in total. The number of aromatic nitrogens is 1. The molecule has 0 aliphatic heterocycles. The summed E-state index contributed by atoms with van der Waals surface area (Å²) in [5, 5.41) is 5.37. The van der Waals surface area contributed by atoms with Gasteiger partial charge in [-0.15, -0.1) is 11.8 Å². The van der Waals surface area contributed by atoms with Crippen molar-refractivity contribution in [2.45, 2.75) is 12.3 Å². The van der Waals surface area contributed by atoms with Crippen molar-refractivity contribution in [1.82, 2.24) is 15.6 Å². The van der Waals surface area contributed by atoms with Crippen molar-refractivity contribution >= 4 is 23.6 Å². The van der Waals surface area contributed by atoms with E-state index in [0.717, 1.165) is 17.0 Å². The van der Waals surface area contributed by atoms with E-state index in [1.54, 1.807) is 13.3 Å². The minimum absolute atomic E-state index is 0.0286. The summed E-state index contributed by atoms with van der Waals surface area (Å²) < 4.78 is 5.08. The van der Waals surface area contributed by atoms with Crippen LogP contribution in [0.15, 0.2) is 48.7 Å². The molecule has 0 radical (unpaired) electrons. The standard InChI is InChI=1S/C18H21N3O3S/c1-24-16-7-5-14(6-8-16)10-20-17(22)11-21-18(23)13-25-12-15-4-2-3-9-19-15/h2-9H,10-13H2,1H3,(H,20,22)(H,21,23). The summed E-state index contributed by atoms with van der Waals surface area (Å²) in [6, 6.07) is 13.1. The quantitative estimate of drug-likeness (QED) is 0.713. The molecule has 0 aliphatic carbocycles. The lowest BCUT2D eigenvalue weighted by atomic mass is 10.2. The molecule has 25 heavy (non-hydrogen) atoms. The monoisotopic (exact) mass is 359 g/mol. The Balaban J connectivity index is 1.59. The second-order valence-corrected chi connectivity index (χ2v) is 6.20. The van der Waals surface area contributed by atoms with Gasteiger partial charge < -0.3 is 15.4 Å². The molecule has 132 valence electrons. The fraction of sp³-hybridized carbons (Fsp3) is 0.278. The van der Waals surface area contributed by atoms with Crippen LogP contribution in [0.4, 0.5) is 0 Å². The first-order chi connectivity index (χ1) is 12.2. The van der Waals surface area contributed by atoms with E-state index in [9.17, 15) is 9.59 Å². The Morgan fingerprint density at radius 2 is 1.88 bits per heavy atom. The Hall–Kier alpha value is -2.54. The van der Waals surface area contributed by atoms with E-state index in [1.807, 2.05) is 42.5 Å². The van der Waals surface area contributed by atoms with Gasteiger partial charge in [-0.25, -0.2) is 0 Å². The highest BCUT2D eigenvalue weighted by Gasteiger charge is 2.06. The molecule has 0 aliphatic rings. The topological polar surface area (TPSA) is 80.3 Å². The Morgan fingerprint density at radius 1 is 1.08 bits per heavy atom. The van der Waals surface area contributed by atoms with Gasteiger partial charge in [-0.2, -0.15) is 0 Å². The Bertz CT molecular complexity index is 678. The molecule has 1 aromatic carbocycles. The zero-order chi connectivity index (χ0) is 17.9. The number of rotatable bonds is 9. The lowest BCUT2D eigenvalue weighted by Gasteiger charge is -2.08. The van der Waals surface area contributed by atoms with Crippen LogP contribution >= 0.6 is 11.8 Å². The van der Waals surface area contributed by atoms with Crippen molar-refractivity contribution in [1.29, 1.82) is 0 Å². The molecule has 2 rings (SSSR count). The fourth-order valence-corrected chi connectivity index (χ4v) is 2.74. The van der Waals surface area contributed by atoms with E-state index < -0.39 is 0 Å². The molecule has 2 aromatic rings. The smallest absolute Gasteiger partial charge is 0.239 e. The van der Waals surface area contributed by atoms with E-state index in [1.165, 1.54) is 11.8 Å². The van der Waals surface area contributed by atoms with Crippen LogP contribution in [0.25, 0.3) is 0 Å². The minimum Gasteiger partial charge on any atom is -0.497 e. The predicted octanol–water partition coefficient (Wildman–Crippen LogP) is 1.76. The maximum atomic E-state index is 11.8. The normalized spacial score (nSPS) is 10.1. The van der Waals surface area contributed by atoms with E-state index in [-0.39, 0.29) is 18.4 Å². The van der Waals surface area contributed by atoms with Crippen LogP contribution in [0.2, 0.25) is 0 Å². The summed E-state index contributed by atoms with van der Waals surface area (Å²) in [6.45, 7) is 0.381. The molecule has 7 heteroatoms. The molecular weight excluding hydrogens is 338 g/mol. The highest BCUT2D eigenvalue weighted by molar-refractivity contribution is 7.99. The number of benzene rings is 1. The fourth-order valence-electron chi connectivity index (χ4n) is 1.97. The van der Waals surface area contributed by atoms with Crippen LogP contribution < -0.4 is 15.4 Å². The zero-order valence-electron chi connectivity index (χ0n) is 14.0.